The van der Waals surface area contributed by atoms with E-state index in [2.05, 4.69) is 4.98 Å². The topological polar surface area (TPSA) is 52.0 Å². The van der Waals surface area contributed by atoms with Crippen LogP contribution in [0.5, 0.6) is 0 Å². The van der Waals surface area contributed by atoms with Crippen LogP contribution in [0.2, 0.25) is 0 Å². The molecule has 1 aromatic heterocycles. The molecule has 7 heteroatoms. The van der Waals surface area contributed by atoms with Crippen LogP contribution >= 0.6 is 23.5 Å². The van der Waals surface area contributed by atoms with Gasteiger partial charge in [-0.15, -0.1) is 11.8 Å². The summed E-state index contributed by atoms with van der Waals surface area (Å²) in [4.78, 5) is 29.5. The van der Waals surface area contributed by atoms with E-state index in [0.717, 1.165) is 28.0 Å². The number of nitrogens with zero attached hydrogens (tertiary/aromatic N) is 2. The number of rotatable bonds is 5. The van der Waals surface area contributed by atoms with Crippen molar-refractivity contribution in [1.82, 2.24) is 9.55 Å². The van der Waals surface area contributed by atoms with Crippen LogP contribution in [0.4, 0.5) is 4.39 Å². The summed E-state index contributed by atoms with van der Waals surface area (Å²) >= 11 is 3.14. The van der Waals surface area contributed by atoms with Gasteiger partial charge < -0.3 is 0 Å². The summed E-state index contributed by atoms with van der Waals surface area (Å²) in [5.41, 5.74) is 2.77. The maximum atomic E-state index is 13.0. The average Bonchev–Trinajstić information content (AvgIpc) is 3.19. The molecule has 0 fully saturated rings. The van der Waals surface area contributed by atoms with Crippen LogP contribution in [0.1, 0.15) is 27.0 Å². The molecule has 1 aliphatic heterocycles. The molecule has 28 heavy (non-hydrogen) atoms. The van der Waals surface area contributed by atoms with E-state index in [9.17, 15) is 14.0 Å². The third-order valence-electron chi connectivity index (χ3n) is 4.56. The van der Waals surface area contributed by atoms with Gasteiger partial charge in [0.15, 0.2) is 10.9 Å². The molecule has 3 aromatic rings. The SMILES string of the molecule is Cc1c(SCc2ccc(C(=O)c3ccc(F)cc3)cc2)nc2n(c1=O)CCS2. The third kappa shape index (κ3) is 3.77. The number of ketones is 1. The van der Waals surface area contributed by atoms with Crippen LogP contribution in [-0.2, 0) is 12.3 Å². The van der Waals surface area contributed by atoms with Crippen LogP contribution in [0.3, 0.4) is 0 Å². The zero-order valence-corrected chi connectivity index (χ0v) is 16.8. The molecule has 2 aromatic carbocycles. The second-order valence-corrected chi connectivity index (χ2v) is 8.48. The van der Waals surface area contributed by atoms with E-state index in [0.29, 0.717) is 22.4 Å². The van der Waals surface area contributed by atoms with E-state index in [1.807, 2.05) is 19.1 Å². The Hall–Kier alpha value is -2.38. The highest BCUT2D eigenvalue weighted by Crippen LogP contribution is 2.28. The smallest absolute Gasteiger partial charge is 0.258 e. The number of benzene rings is 2. The van der Waals surface area contributed by atoms with E-state index >= 15 is 0 Å². The molecular weight excluding hydrogens is 395 g/mol. The summed E-state index contributed by atoms with van der Waals surface area (Å²) in [7, 11) is 0. The van der Waals surface area contributed by atoms with Gasteiger partial charge in [-0.25, -0.2) is 9.37 Å². The second kappa shape index (κ2) is 7.93. The van der Waals surface area contributed by atoms with Crippen LogP contribution in [0.15, 0.2) is 63.5 Å². The fraction of sp³-hybridized carbons (Fsp3) is 0.190. The van der Waals surface area contributed by atoms with Crippen molar-refractivity contribution in [3.63, 3.8) is 0 Å². The number of halogens is 1. The number of hydrogen-bond acceptors (Lipinski definition) is 5. The summed E-state index contributed by atoms with van der Waals surface area (Å²) in [5.74, 6) is 1.05. The van der Waals surface area contributed by atoms with Gasteiger partial charge in [-0.2, -0.15) is 0 Å². The van der Waals surface area contributed by atoms with Gasteiger partial charge in [0.2, 0.25) is 0 Å². The molecule has 0 spiro atoms. The summed E-state index contributed by atoms with van der Waals surface area (Å²) in [6, 6.07) is 12.9. The molecule has 2 heterocycles. The van der Waals surface area contributed by atoms with Crippen molar-refractivity contribution in [2.45, 2.75) is 29.4 Å². The van der Waals surface area contributed by atoms with Crippen molar-refractivity contribution >= 4 is 29.3 Å². The van der Waals surface area contributed by atoms with Gasteiger partial charge >= 0.3 is 0 Å². The minimum absolute atomic E-state index is 0.0396. The zero-order chi connectivity index (χ0) is 19.7. The van der Waals surface area contributed by atoms with Gasteiger partial charge in [-0.3, -0.25) is 14.2 Å². The standard InChI is InChI=1S/C21H17FN2O2S2/c1-13-19(23-21-24(20(13)26)10-11-27-21)28-12-14-2-4-15(5-3-14)18(25)16-6-8-17(22)9-7-16/h2-9H,10-12H2,1H3. The molecule has 0 saturated heterocycles. The van der Waals surface area contributed by atoms with Crippen molar-refractivity contribution in [3.05, 3.63) is 87.0 Å². The van der Waals surface area contributed by atoms with Crippen molar-refractivity contribution in [2.75, 3.05) is 5.75 Å². The molecule has 0 N–H and O–H groups in total. The van der Waals surface area contributed by atoms with Crippen LogP contribution in [0, 0.1) is 12.7 Å². The van der Waals surface area contributed by atoms with E-state index < -0.39 is 0 Å². The molecule has 0 aliphatic carbocycles. The molecule has 0 unspecified atom stereocenters. The highest BCUT2D eigenvalue weighted by atomic mass is 32.2. The Labute approximate surface area is 170 Å². The monoisotopic (exact) mass is 412 g/mol. The number of hydrogen-bond donors (Lipinski definition) is 0. The molecule has 1 aliphatic rings. The van der Waals surface area contributed by atoms with Gasteiger partial charge in [0.05, 0.1) is 0 Å². The Balaban J connectivity index is 1.47. The lowest BCUT2D eigenvalue weighted by Gasteiger charge is -2.09. The van der Waals surface area contributed by atoms with Crippen LogP contribution in [0.25, 0.3) is 0 Å². The minimum atomic E-state index is -0.364. The Morgan fingerprint density at radius 2 is 1.79 bits per heavy atom. The van der Waals surface area contributed by atoms with E-state index in [1.54, 1.807) is 28.5 Å². The van der Waals surface area contributed by atoms with Crippen molar-refractivity contribution in [3.8, 4) is 0 Å². The molecule has 0 radical (unpaired) electrons. The lowest BCUT2D eigenvalue weighted by Crippen LogP contribution is -2.23. The normalized spacial score (nSPS) is 12.8. The zero-order valence-electron chi connectivity index (χ0n) is 15.1. The van der Waals surface area contributed by atoms with E-state index in [-0.39, 0.29) is 17.2 Å². The number of thioether (sulfide) groups is 2. The Kier molecular flexibility index (Phi) is 5.37. The fourth-order valence-electron chi connectivity index (χ4n) is 2.96. The number of aromatic nitrogens is 2. The number of carbonyl (C=O) groups excluding carboxylic acids is 1. The largest absolute Gasteiger partial charge is 0.289 e. The van der Waals surface area contributed by atoms with E-state index in [4.69, 9.17) is 0 Å². The summed E-state index contributed by atoms with van der Waals surface area (Å²) in [5, 5.41) is 1.55. The lowest BCUT2D eigenvalue weighted by atomic mass is 10.0. The van der Waals surface area contributed by atoms with Crippen LogP contribution < -0.4 is 5.56 Å². The predicted molar refractivity (Wildman–Crippen MR) is 110 cm³/mol. The van der Waals surface area contributed by atoms with Gasteiger partial charge in [0, 0.05) is 34.7 Å². The molecule has 0 bridgehead atoms. The third-order valence-corrected chi connectivity index (χ3v) is 6.66. The van der Waals surface area contributed by atoms with Gasteiger partial charge in [-0.05, 0) is 36.8 Å². The quantitative estimate of drug-likeness (QED) is 0.270. The maximum Gasteiger partial charge on any atom is 0.258 e. The van der Waals surface area contributed by atoms with Gasteiger partial charge in [-0.1, -0.05) is 36.0 Å². The van der Waals surface area contributed by atoms with Crippen molar-refractivity contribution in [2.24, 2.45) is 0 Å². The molecule has 4 rings (SSSR count). The Morgan fingerprint density at radius 3 is 2.46 bits per heavy atom. The first-order valence-corrected chi connectivity index (χ1v) is 10.8. The predicted octanol–water partition coefficient (Wildman–Crippen LogP) is 4.32. The molecule has 4 nitrogen and oxygen atoms in total. The van der Waals surface area contributed by atoms with Crippen molar-refractivity contribution in [1.29, 1.82) is 0 Å². The minimum Gasteiger partial charge on any atom is -0.289 e. The molecule has 0 atom stereocenters. The number of carbonyl (C=O) groups is 1. The summed E-state index contributed by atoms with van der Waals surface area (Å²) < 4.78 is 14.8. The van der Waals surface area contributed by atoms with Gasteiger partial charge in [0.25, 0.3) is 5.56 Å². The molecule has 0 amide bonds. The van der Waals surface area contributed by atoms with E-state index in [1.165, 1.54) is 36.0 Å². The summed E-state index contributed by atoms with van der Waals surface area (Å²) in [6.07, 6.45) is 0. The first-order valence-electron chi connectivity index (χ1n) is 8.79. The van der Waals surface area contributed by atoms with Gasteiger partial charge in [0.1, 0.15) is 10.8 Å². The lowest BCUT2D eigenvalue weighted by molar-refractivity contribution is 0.103. The Morgan fingerprint density at radius 1 is 1.14 bits per heavy atom. The van der Waals surface area contributed by atoms with Crippen molar-refractivity contribution < 1.29 is 9.18 Å². The highest BCUT2D eigenvalue weighted by molar-refractivity contribution is 7.99. The summed E-state index contributed by atoms with van der Waals surface area (Å²) in [6.45, 7) is 2.54. The molecule has 0 saturated carbocycles. The number of fused-ring (bicyclic) bond motifs is 1. The van der Waals surface area contributed by atoms with Crippen LogP contribution in [-0.4, -0.2) is 21.1 Å². The maximum absolute atomic E-state index is 13.0. The average molecular weight is 413 g/mol. The second-order valence-electron chi connectivity index (χ2n) is 6.45. The first-order chi connectivity index (χ1) is 13.5. The highest BCUT2D eigenvalue weighted by Gasteiger charge is 2.18. The molecule has 142 valence electrons. The first kappa shape index (κ1) is 19.0. The molecular formula is C21H17FN2O2S2. The fourth-order valence-corrected chi connectivity index (χ4v) is 4.91. The Bertz CT molecular complexity index is 1090.